The average molecular weight is 243 g/mol. The van der Waals surface area contributed by atoms with Gasteiger partial charge in [0.2, 0.25) is 0 Å². The molecule has 0 amide bonds. The fourth-order valence-electron chi connectivity index (χ4n) is 2.16. The van der Waals surface area contributed by atoms with E-state index in [-0.39, 0.29) is 11.9 Å². The van der Waals surface area contributed by atoms with Crippen LogP contribution >= 0.6 is 0 Å². The quantitative estimate of drug-likeness (QED) is 0.865. The van der Waals surface area contributed by atoms with Gasteiger partial charge in [-0.15, -0.1) is 0 Å². The van der Waals surface area contributed by atoms with Crippen molar-refractivity contribution in [3.8, 4) is 0 Å². The Hall–Kier alpha value is -1.67. The van der Waals surface area contributed by atoms with Crippen molar-refractivity contribution in [2.24, 2.45) is 0 Å². The monoisotopic (exact) mass is 243 g/mol. The molecule has 1 unspecified atom stereocenters. The minimum absolute atomic E-state index is 0.106. The molecule has 2 aromatic rings. The van der Waals surface area contributed by atoms with Crippen LogP contribution in [0.25, 0.3) is 0 Å². The van der Waals surface area contributed by atoms with Crippen LogP contribution in [0.15, 0.2) is 42.5 Å². The highest BCUT2D eigenvalue weighted by molar-refractivity contribution is 5.37. The van der Waals surface area contributed by atoms with Crippen LogP contribution in [0.4, 0.5) is 4.39 Å². The zero-order valence-electron chi connectivity index (χ0n) is 11.0. The molecule has 18 heavy (non-hydrogen) atoms. The lowest BCUT2D eigenvalue weighted by atomic mass is 9.95. The zero-order valence-corrected chi connectivity index (χ0v) is 11.0. The maximum absolute atomic E-state index is 13.9. The van der Waals surface area contributed by atoms with Crippen molar-refractivity contribution in [2.45, 2.75) is 19.9 Å². The van der Waals surface area contributed by atoms with Crippen LogP contribution in [0.2, 0.25) is 0 Å². The molecule has 0 fully saturated rings. The van der Waals surface area contributed by atoms with E-state index < -0.39 is 0 Å². The van der Waals surface area contributed by atoms with Gasteiger partial charge in [0.25, 0.3) is 0 Å². The average Bonchev–Trinajstić information content (AvgIpc) is 2.37. The number of halogens is 1. The minimum atomic E-state index is -0.171. The third kappa shape index (κ3) is 2.44. The van der Waals surface area contributed by atoms with E-state index in [9.17, 15) is 4.39 Å². The van der Waals surface area contributed by atoms with Gasteiger partial charge in [0.1, 0.15) is 5.82 Å². The largest absolute Gasteiger partial charge is 0.309 e. The van der Waals surface area contributed by atoms with E-state index >= 15 is 0 Å². The molecule has 0 aliphatic rings. The van der Waals surface area contributed by atoms with Gasteiger partial charge in [0, 0.05) is 5.56 Å². The maximum atomic E-state index is 13.9. The number of hydrogen-bond donors (Lipinski definition) is 1. The van der Waals surface area contributed by atoms with Crippen LogP contribution in [0.1, 0.15) is 28.3 Å². The highest BCUT2D eigenvalue weighted by Crippen LogP contribution is 2.25. The summed E-state index contributed by atoms with van der Waals surface area (Å²) >= 11 is 0. The number of hydrogen-bond acceptors (Lipinski definition) is 1. The Morgan fingerprint density at radius 3 is 2.33 bits per heavy atom. The summed E-state index contributed by atoms with van der Waals surface area (Å²) in [6, 6.07) is 13.0. The molecule has 0 radical (unpaired) electrons. The van der Waals surface area contributed by atoms with Crippen LogP contribution in [-0.4, -0.2) is 7.05 Å². The second kappa shape index (κ2) is 5.32. The van der Waals surface area contributed by atoms with Gasteiger partial charge in [-0.25, -0.2) is 4.39 Å². The first kappa shape index (κ1) is 12.8. The van der Waals surface area contributed by atoms with Crippen molar-refractivity contribution in [1.29, 1.82) is 0 Å². The Morgan fingerprint density at radius 1 is 1.00 bits per heavy atom. The number of rotatable bonds is 3. The van der Waals surface area contributed by atoms with E-state index in [1.165, 1.54) is 17.2 Å². The first-order valence-electron chi connectivity index (χ1n) is 6.12. The summed E-state index contributed by atoms with van der Waals surface area (Å²) in [5, 5.41) is 3.18. The maximum Gasteiger partial charge on any atom is 0.128 e. The van der Waals surface area contributed by atoms with E-state index in [2.05, 4.69) is 37.4 Å². The smallest absolute Gasteiger partial charge is 0.128 e. The van der Waals surface area contributed by atoms with E-state index in [1.807, 2.05) is 19.2 Å². The molecule has 0 bridgehead atoms. The highest BCUT2D eigenvalue weighted by Gasteiger charge is 2.15. The van der Waals surface area contributed by atoms with Crippen molar-refractivity contribution < 1.29 is 4.39 Å². The van der Waals surface area contributed by atoms with E-state index in [1.54, 1.807) is 6.07 Å². The zero-order chi connectivity index (χ0) is 13.1. The molecule has 0 heterocycles. The van der Waals surface area contributed by atoms with Gasteiger partial charge in [-0.2, -0.15) is 0 Å². The van der Waals surface area contributed by atoms with Crippen molar-refractivity contribution in [3.05, 3.63) is 70.5 Å². The van der Waals surface area contributed by atoms with Crippen LogP contribution in [0.5, 0.6) is 0 Å². The molecule has 0 spiro atoms. The first-order chi connectivity index (χ1) is 8.63. The summed E-state index contributed by atoms with van der Waals surface area (Å²) in [5.41, 5.74) is 4.25. The van der Waals surface area contributed by atoms with Gasteiger partial charge in [-0.05, 0) is 43.7 Å². The van der Waals surface area contributed by atoms with Gasteiger partial charge in [-0.1, -0.05) is 36.4 Å². The van der Waals surface area contributed by atoms with Crippen LogP contribution < -0.4 is 5.32 Å². The molecule has 0 aliphatic heterocycles. The van der Waals surface area contributed by atoms with Crippen molar-refractivity contribution >= 4 is 0 Å². The van der Waals surface area contributed by atoms with Crippen molar-refractivity contribution in [1.82, 2.24) is 5.32 Å². The Labute approximate surface area is 108 Å². The fourth-order valence-corrected chi connectivity index (χ4v) is 2.16. The molecule has 1 atom stereocenters. The normalized spacial score (nSPS) is 12.4. The third-order valence-corrected chi connectivity index (χ3v) is 3.37. The number of nitrogens with one attached hydrogen (secondary N) is 1. The lowest BCUT2D eigenvalue weighted by molar-refractivity contribution is 0.576. The topological polar surface area (TPSA) is 12.0 Å². The van der Waals surface area contributed by atoms with Crippen molar-refractivity contribution in [2.75, 3.05) is 7.05 Å². The first-order valence-corrected chi connectivity index (χ1v) is 6.12. The molecule has 1 nitrogen and oxygen atoms in total. The minimum Gasteiger partial charge on any atom is -0.309 e. The van der Waals surface area contributed by atoms with Crippen LogP contribution in [-0.2, 0) is 0 Å². The molecule has 2 heteroatoms. The third-order valence-electron chi connectivity index (χ3n) is 3.37. The molecule has 2 aromatic carbocycles. The van der Waals surface area contributed by atoms with Gasteiger partial charge >= 0.3 is 0 Å². The van der Waals surface area contributed by atoms with Gasteiger partial charge in [0.05, 0.1) is 6.04 Å². The summed E-state index contributed by atoms with van der Waals surface area (Å²) < 4.78 is 13.9. The number of benzene rings is 2. The standard InChI is InChI=1S/C16H18FN/c1-11-8-9-13(10-12(11)2)16(18-3)14-6-4-5-7-15(14)17/h4-10,16,18H,1-3H3. The van der Waals surface area contributed by atoms with E-state index in [4.69, 9.17) is 0 Å². The molecule has 94 valence electrons. The van der Waals surface area contributed by atoms with Gasteiger partial charge < -0.3 is 5.32 Å². The molecule has 2 rings (SSSR count). The second-order valence-corrected chi connectivity index (χ2v) is 4.59. The summed E-state index contributed by atoms with van der Waals surface area (Å²) in [5.74, 6) is -0.171. The molecule has 0 aromatic heterocycles. The summed E-state index contributed by atoms with van der Waals surface area (Å²) in [7, 11) is 1.85. The predicted octanol–water partition coefficient (Wildman–Crippen LogP) is 3.75. The summed E-state index contributed by atoms with van der Waals surface area (Å²) in [6.07, 6.45) is 0. The van der Waals surface area contributed by atoms with E-state index in [0.29, 0.717) is 5.56 Å². The predicted molar refractivity (Wildman–Crippen MR) is 73.2 cm³/mol. The number of aryl methyl sites for hydroxylation is 2. The molecular weight excluding hydrogens is 225 g/mol. The Kier molecular flexibility index (Phi) is 3.78. The summed E-state index contributed by atoms with van der Waals surface area (Å²) in [6.45, 7) is 4.16. The molecular formula is C16H18FN. The second-order valence-electron chi connectivity index (χ2n) is 4.59. The SMILES string of the molecule is CNC(c1ccc(C)c(C)c1)c1ccccc1F. The molecule has 0 saturated heterocycles. The lowest BCUT2D eigenvalue weighted by Gasteiger charge is -2.19. The highest BCUT2D eigenvalue weighted by atomic mass is 19.1. The van der Waals surface area contributed by atoms with Crippen molar-refractivity contribution in [3.63, 3.8) is 0 Å². The molecule has 0 aliphatic carbocycles. The van der Waals surface area contributed by atoms with Crippen LogP contribution in [0, 0.1) is 19.7 Å². The van der Waals surface area contributed by atoms with Crippen LogP contribution in [0.3, 0.4) is 0 Å². The molecule has 1 N–H and O–H groups in total. The Balaban J connectivity index is 2.45. The lowest BCUT2D eigenvalue weighted by Crippen LogP contribution is -2.19. The fraction of sp³-hybridized carbons (Fsp3) is 0.250. The van der Waals surface area contributed by atoms with Gasteiger partial charge in [0.15, 0.2) is 0 Å². The summed E-state index contributed by atoms with van der Waals surface area (Å²) in [4.78, 5) is 0. The molecule has 0 saturated carbocycles. The van der Waals surface area contributed by atoms with Gasteiger partial charge in [-0.3, -0.25) is 0 Å². The Morgan fingerprint density at radius 2 is 1.72 bits per heavy atom. The Bertz CT molecular complexity index is 549. The van der Waals surface area contributed by atoms with E-state index in [0.717, 1.165) is 5.56 Å².